The molecule has 0 aromatic carbocycles. The van der Waals surface area contributed by atoms with Crippen molar-refractivity contribution in [2.45, 2.75) is 45.6 Å². The minimum absolute atomic E-state index is 0.109. The van der Waals surface area contributed by atoms with Gasteiger partial charge in [-0.05, 0) is 20.3 Å². The lowest BCUT2D eigenvalue weighted by Crippen LogP contribution is -2.40. The molecule has 0 aliphatic rings. The summed E-state index contributed by atoms with van der Waals surface area (Å²) in [7, 11) is 0. The summed E-state index contributed by atoms with van der Waals surface area (Å²) in [6.45, 7) is 5.20. The zero-order valence-electron chi connectivity index (χ0n) is 9.09. The standard InChI is InChI=1S/C10H19NO3/c1-4-5-10(3,14)7-11-9(13)6-8(2)12/h14H,4-7H2,1-3H3,(H,11,13). The Labute approximate surface area is 84.7 Å². The Kier molecular flexibility index (Phi) is 5.38. The Morgan fingerprint density at radius 3 is 2.43 bits per heavy atom. The third-order valence-electron chi connectivity index (χ3n) is 1.86. The second kappa shape index (κ2) is 5.75. The highest BCUT2D eigenvalue weighted by Crippen LogP contribution is 2.09. The summed E-state index contributed by atoms with van der Waals surface area (Å²) < 4.78 is 0. The highest BCUT2D eigenvalue weighted by Gasteiger charge is 2.19. The van der Waals surface area contributed by atoms with Crippen molar-refractivity contribution in [3.8, 4) is 0 Å². The normalized spacial score (nSPS) is 14.6. The first-order valence-corrected chi connectivity index (χ1v) is 4.86. The molecule has 14 heavy (non-hydrogen) atoms. The monoisotopic (exact) mass is 201 g/mol. The number of carbonyl (C=O) groups excluding carboxylic acids is 2. The summed E-state index contributed by atoms with van der Waals surface area (Å²) in [5.41, 5.74) is -0.874. The maximum absolute atomic E-state index is 11.1. The number of carbonyl (C=O) groups is 2. The van der Waals surface area contributed by atoms with Crippen LogP contribution in [0.3, 0.4) is 0 Å². The molecule has 0 aromatic rings. The number of amides is 1. The second-order valence-electron chi connectivity index (χ2n) is 3.90. The van der Waals surface area contributed by atoms with Gasteiger partial charge in [-0.2, -0.15) is 0 Å². The van der Waals surface area contributed by atoms with Crippen LogP contribution in [0.25, 0.3) is 0 Å². The van der Waals surface area contributed by atoms with E-state index in [0.29, 0.717) is 6.42 Å². The van der Waals surface area contributed by atoms with Gasteiger partial charge in [0, 0.05) is 6.54 Å². The van der Waals surface area contributed by atoms with E-state index in [2.05, 4.69) is 5.32 Å². The molecule has 4 nitrogen and oxygen atoms in total. The summed E-state index contributed by atoms with van der Waals surface area (Å²) in [6.07, 6.45) is 1.38. The van der Waals surface area contributed by atoms with Gasteiger partial charge in [-0.15, -0.1) is 0 Å². The van der Waals surface area contributed by atoms with Crippen molar-refractivity contribution in [1.29, 1.82) is 0 Å². The van der Waals surface area contributed by atoms with Crippen LogP contribution in [0.15, 0.2) is 0 Å². The van der Waals surface area contributed by atoms with Gasteiger partial charge < -0.3 is 10.4 Å². The van der Waals surface area contributed by atoms with Gasteiger partial charge >= 0.3 is 0 Å². The molecule has 2 N–H and O–H groups in total. The van der Waals surface area contributed by atoms with E-state index in [1.807, 2.05) is 6.92 Å². The molecule has 0 fully saturated rings. The molecule has 1 amide bonds. The molecule has 0 spiro atoms. The Bertz CT molecular complexity index is 211. The summed E-state index contributed by atoms with van der Waals surface area (Å²) in [5.74, 6) is -0.494. The fraction of sp³-hybridized carbons (Fsp3) is 0.800. The molecular weight excluding hydrogens is 182 g/mol. The van der Waals surface area contributed by atoms with E-state index in [4.69, 9.17) is 0 Å². The molecule has 82 valence electrons. The van der Waals surface area contributed by atoms with Crippen molar-refractivity contribution >= 4 is 11.7 Å². The summed E-state index contributed by atoms with van der Waals surface area (Å²) in [6, 6.07) is 0. The average molecular weight is 201 g/mol. The first-order valence-electron chi connectivity index (χ1n) is 4.86. The third kappa shape index (κ3) is 6.60. The second-order valence-corrected chi connectivity index (χ2v) is 3.90. The van der Waals surface area contributed by atoms with Gasteiger partial charge in [-0.1, -0.05) is 13.3 Å². The number of aliphatic hydroxyl groups is 1. The molecule has 0 aliphatic heterocycles. The van der Waals surface area contributed by atoms with Crippen LogP contribution in [0.4, 0.5) is 0 Å². The molecule has 0 bridgehead atoms. The van der Waals surface area contributed by atoms with Crippen LogP contribution in [0.2, 0.25) is 0 Å². The van der Waals surface area contributed by atoms with E-state index in [-0.39, 0.29) is 24.7 Å². The quantitative estimate of drug-likeness (QED) is 0.619. The van der Waals surface area contributed by atoms with Crippen molar-refractivity contribution < 1.29 is 14.7 Å². The van der Waals surface area contributed by atoms with Gasteiger partial charge in [-0.25, -0.2) is 0 Å². The van der Waals surface area contributed by atoms with Crippen molar-refractivity contribution in [2.24, 2.45) is 0 Å². The molecular formula is C10H19NO3. The predicted octanol–water partition coefficient (Wildman–Crippen LogP) is 0.633. The lowest BCUT2D eigenvalue weighted by Gasteiger charge is -2.22. The Balaban J connectivity index is 3.81. The summed E-state index contributed by atoms with van der Waals surface area (Å²) in [4.78, 5) is 21.6. The lowest BCUT2D eigenvalue weighted by atomic mass is 10.0. The van der Waals surface area contributed by atoms with Gasteiger partial charge in [-0.3, -0.25) is 9.59 Å². The largest absolute Gasteiger partial charge is 0.388 e. The van der Waals surface area contributed by atoms with Crippen LogP contribution in [0.5, 0.6) is 0 Å². The van der Waals surface area contributed by atoms with Crippen LogP contribution in [0, 0.1) is 0 Å². The van der Waals surface area contributed by atoms with Crippen molar-refractivity contribution in [1.82, 2.24) is 5.32 Å². The van der Waals surface area contributed by atoms with E-state index in [9.17, 15) is 14.7 Å². The fourth-order valence-electron chi connectivity index (χ4n) is 1.20. The van der Waals surface area contributed by atoms with E-state index < -0.39 is 5.60 Å². The van der Waals surface area contributed by atoms with Crippen LogP contribution in [-0.4, -0.2) is 28.9 Å². The van der Waals surface area contributed by atoms with Crippen molar-refractivity contribution in [3.63, 3.8) is 0 Å². The zero-order chi connectivity index (χ0) is 11.2. The van der Waals surface area contributed by atoms with Gasteiger partial charge in [0.25, 0.3) is 0 Å². The van der Waals surface area contributed by atoms with Gasteiger partial charge in [0.1, 0.15) is 5.78 Å². The molecule has 0 saturated carbocycles. The van der Waals surface area contributed by atoms with Crippen LogP contribution in [0.1, 0.15) is 40.0 Å². The molecule has 1 atom stereocenters. The molecule has 0 radical (unpaired) electrons. The zero-order valence-corrected chi connectivity index (χ0v) is 9.09. The minimum atomic E-state index is -0.874. The SMILES string of the molecule is CCCC(C)(O)CNC(=O)CC(C)=O. The van der Waals surface area contributed by atoms with Crippen molar-refractivity contribution in [2.75, 3.05) is 6.54 Å². The van der Waals surface area contributed by atoms with E-state index in [1.54, 1.807) is 6.92 Å². The van der Waals surface area contributed by atoms with Gasteiger partial charge in [0.2, 0.25) is 5.91 Å². The lowest BCUT2D eigenvalue weighted by molar-refractivity contribution is -0.128. The van der Waals surface area contributed by atoms with E-state index in [1.165, 1.54) is 6.92 Å². The first-order chi connectivity index (χ1) is 6.37. The molecule has 1 unspecified atom stereocenters. The number of nitrogens with one attached hydrogen (secondary N) is 1. The topological polar surface area (TPSA) is 66.4 Å². The van der Waals surface area contributed by atoms with E-state index >= 15 is 0 Å². The number of hydrogen-bond acceptors (Lipinski definition) is 3. The Morgan fingerprint density at radius 1 is 1.43 bits per heavy atom. The fourth-order valence-corrected chi connectivity index (χ4v) is 1.20. The summed E-state index contributed by atoms with van der Waals surface area (Å²) >= 11 is 0. The average Bonchev–Trinajstić information content (AvgIpc) is 2.00. The molecule has 0 saturated heterocycles. The number of Topliss-reactive ketones (excluding diaryl/α,β-unsaturated/α-hetero) is 1. The smallest absolute Gasteiger partial charge is 0.227 e. The maximum Gasteiger partial charge on any atom is 0.227 e. The molecule has 0 rings (SSSR count). The minimum Gasteiger partial charge on any atom is -0.388 e. The highest BCUT2D eigenvalue weighted by atomic mass is 16.3. The van der Waals surface area contributed by atoms with E-state index in [0.717, 1.165) is 6.42 Å². The predicted molar refractivity (Wildman–Crippen MR) is 53.8 cm³/mol. The van der Waals surface area contributed by atoms with Gasteiger partial charge in [0.05, 0.1) is 12.0 Å². The summed E-state index contributed by atoms with van der Waals surface area (Å²) in [5, 5.41) is 12.2. The molecule has 0 heterocycles. The Hall–Kier alpha value is -0.900. The van der Waals surface area contributed by atoms with Crippen LogP contribution >= 0.6 is 0 Å². The molecule has 0 aliphatic carbocycles. The van der Waals surface area contributed by atoms with Gasteiger partial charge in [0.15, 0.2) is 0 Å². The molecule has 0 aromatic heterocycles. The maximum atomic E-state index is 11.1. The first kappa shape index (κ1) is 13.1. The Morgan fingerprint density at radius 2 is 2.00 bits per heavy atom. The van der Waals surface area contributed by atoms with Crippen LogP contribution < -0.4 is 5.32 Å². The molecule has 4 heteroatoms. The highest BCUT2D eigenvalue weighted by molar-refractivity contribution is 5.96. The van der Waals surface area contributed by atoms with Crippen LogP contribution in [-0.2, 0) is 9.59 Å². The van der Waals surface area contributed by atoms with Crippen molar-refractivity contribution in [3.05, 3.63) is 0 Å². The third-order valence-corrected chi connectivity index (χ3v) is 1.86. The number of ketones is 1. The number of hydrogen-bond donors (Lipinski definition) is 2. The number of rotatable bonds is 6.